The van der Waals surface area contributed by atoms with Crippen molar-refractivity contribution in [2.75, 3.05) is 5.54 Å². The number of halogens is 1. The van der Waals surface area contributed by atoms with E-state index < -0.39 is 0 Å². The van der Waals surface area contributed by atoms with Crippen molar-refractivity contribution in [3.8, 4) is 0 Å². The molecule has 0 amide bonds. The minimum absolute atomic E-state index is 0.134. The van der Waals surface area contributed by atoms with Crippen LogP contribution in [0.1, 0.15) is 26.3 Å². The van der Waals surface area contributed by atoms with Crippen molar-refractivity contribution < 1.29 is 4.48 Å². The Balaban J connectivity index is 2.93. The van der Waals surface area contributed by atoms with E-state index in [1.807, 2.05) is 12.1 Å². The Hall–Kier alpha value is -1.05. The Bertz CT molecular complexity index is 246. The average molecular weight is 167 g/mol. The van der Waals surface area contributed by atoms with Gasteiger partial charge >= 0.3 is 0 Å². The highest BCUT2D eigenvalue weighted by atomic mass is 19.2. The van der Waals surface area contributed by atoms with E-state index in [1.54, 1.807) is 17.7 Å². The second-order valence-electron chi connectivity index (χ2n) is 3.92. The van der Waals surface area contributed by atoms with Gasteiger partial charge in [-0.3, -0.25) is 0 Å². The van der Waals surface area contributed by atoms with Crippen molar-refractivity contribution in [1.82, 2.24) is 0 Å². The maximum Gasteiger partial charge on any atom is 0.0655 e. The largest absolute Gasteiger partial charge is 0.225 e. The van der Waals surface area contributed by atoms with E-state index in [9.17, 15) is 4.48 Å². The number of hydrogen-bond acceptors (Lipinski definition) is 1. The van der Waals surface area contributed by atoms with Crippen LogP contribution in [0.3, 0.4) is 0 Å². The van der Waals surface area contributed by atoms with E-state index >= 15 is 0 Å². The summed E-state index contributed by atoms with van der Waals surface area (Å²) in [6.07, 6.45) is 0. The molecule has 0 aromatic heterocycles. The van der Waals surface area contributed by atoms with Gasteiger partial charge in [-0.15, -0.1) is 4.48 Å². The van der Waals surface area contributed by atoms with Gasteiger partial charge in [-0.25, -0.2) is 5.54 Å². The van der Waals surface area contributed by atoms with E-state index in [-0.39, 0.29) is 5.41 Å². The zero-order chi connectivity index (χ0) is 9.19. The van der Waals surface area contributed by atoms with Crippen LogP contribution in [-0.4, -0.2) is 0 Å². The van der Waals surface area contributed by atoms with Crippen LogP contribution >= 0.6 is 0 Å². The van der Waals surface area contributed by atoms with Crippen LogP contribution in [-0.2, 0) is 5.41 Å². The van der Waals surface area contributed by atoms with E-state index in [2.05, 4.69) is 20.8 Å². The molecule has 1 aromatic carbocycles. The Morgan fingerprint density at radius 2 is 1.58 bits per heavy atom. The van der Waals surface area contributed by atoms with Crippen LogP contribution < -0.4 is 5.54 Å². The number of rotatable bonds is 1. The zero-order valence-electron chi connectivity index (χ0n) is 7.69. The lowest BCUT2D eigenvalue weighted by Gasteiger charge is -2.18. The van der Waals surface area contributed by atoms with Crippen molar-refractivity contribution in [2.24, 2.45) is 0 Å². The van der Waals surface area contributed by atoms with Crippen LogP contribution in [0, 0.1) is 0 Å². The van der Waals surface area contributed by atoms with Gasteiger partial charge in [0.1, 0.15) is 0 Å². The van der Waals surface area contributed by atoms with Crippen molar-refractivity contribution in [2.45, 2.75) is 26.2 Å². The molecule has 0 radical (unpaired) electrons. The van der Waals surface area contributed by atoms with Crippen LogP contribution in [0.2, 0.25) is 0 Å². The topological polar surface area (TPSA) is 12.0 Å². The summed E-state index contributed by atoms with van der Waals surface area (Å²) < 4.78 is 11.9. The molecule has 1 nitrogen and oxygen atoms in total. The summed E-state index contributed by atoms with van der Waals surface area (Å²) in [6, 6.07) is 7.34. The van der Waals surface area contributed by atoms with E-state index in [4.69, 9.17) is 0 Å². The molecule has 0 atom stereocenters. The SMILES string of the molecule is CC(C)(C)c1ccc(NF)cc1. The lowest BCUT2D eigenvalue weighted by molar-refractivity contribution is 0.589. The van der Waals surface area contributed by atoms with E-state index in [0.29, 0.717) is 5.69 Å². The van der Waals surface area contributed by atoms with Gasteiger partial charge < -0.3 is 0 Å². The molecule has 0 unspecified atom stereocenters. The first-order valence-electron chi connectivity index (χ1n) is 4.01. The Morgan fingerprint density at radius 1 is 1.08 bits per heavy atom. The highest BCUT2D eigenvalue weighted by molar-refractivity contribution is 5.43. The maximum absolute atomic E-state index is 11.9. The lowest BCUT2D eigenvalue weighted by atomic mass is 9.87. The summed E-state index contributed by atoms with van der Waals surface area (Å²) in [7, 11) is 0. The van der Waals surface area contributed by atoms with Gasteiger partial charge in [-0.1, -0.05) is 32.9 Å². The van der Waals surface area contributed by atoms with Crippen LogP contribution in [0.15, 0.2) is 24.3 Å². The zero-order valence-corrected chi connectivity index (χ0v) is 7.69. The summed E-state index contributed by atoms with van der Waals surface area (Å²) in [5, 5.41) is 0. The van der Waals surface area contributed by atoms with Gasteiger partial charge in [0.25, 0.3) is 0 Å². The molecule has 0 saturated carbocycles. The smallest absolute Gasteiger partial charge is 0.0655 e. The first-order chi connectivity index (χ1) is 5.54. The highest BCUT2D eigenvalue weighted by Crippen LogP contribution is 2.23. The van der Waals surface area contributed by atoms with Crippen molar-refractivity contribution in [3.05, 3.63) is 29.8 Å². The van der Waals surface area contributed by atoms with E-state index in [1.165, 1.54) is 5.56 Å². The fourth-order valence-corrected chi connectivity index (χ4v) is 1.03. The molecule has 12 heavy (non-hydrogen) atoms. The lowest BCUT2D eigenvalue weighted by Crippen LogP contribution is -2.10. The van der Waals surface area contributed by atoms with Crippen molar-refractivity contribution >= 4 is 5.69 Å². The van der Waals surface area contributed by atoms with Crippen molar-refractivity contribution in [1.29, 1.82) is 0 Å². The quantitative estimate of drug-likeness (QED) is 0.633. The fraction of sp³-hybridized carbons (Fsp3) is 0.400. The molecule has 1 N–H and O–H groups in total. The standard InChI is InChI=1S/C10H14FN/c1-10(2,3)8-4-6-9(12-11)7-5-8/h4-7,12H,1-3H3. The fourth-order valence-electron chi connectivity index (χ4n) is 1.03. The van der Waals surface area contributed by atoms with Gasteiger partial charge in [0.2, 0.25) is 0 Å². The molecule has 0 aliphatic heterocycles. The molecular weight excluding hydrogens is 153 g/mol. The summed E-state index contributed by atoms with van der Waals surface area (Å²) in [5.74, 6) is 0. The Kier molecular flexibility index (Phi) is 2.36. The number of benzene rings is 1. The second kappa shape index (κ2) is 3.13. The summed E-state index contributed by atoms with van der Waals surface area (Å²) in [5.41, 5.74) is 3.45. The molecule has 66 valence electrons. The molecular formula is C10H14FN. The van der Waals surface area contributed by atoms with Gasteiger partial charge in [-0.2, -0.15) is 0 Å². The van der Waals surface area contributed by atoms with E-state index in [0.717, 1.165) is 0 Å². The molecule has 0 heterocycles. The number of anilines is 1. The molecule has 0 fully saturated rings. The third-order valence-electron chi connectivity index (χ3n) is 1.86. The van der Waals surface area contributed by atoms with Crippen molar-refractivity contribution in [3.63, 3.8) is 0 Å². The third kappa shape index (κ3) is 1.97. The third-order valence-corrected chi connectivity index (χ3v) is 1.86. The van der Waals surface area contributed by atoms with Crippen LogP contribution in [0.4, 0.5) is 10.2 Å². The molecule has 0 bridgehead atoms. The average Bonchev–Trinajstić information content (AvgIpc) is 2.03. The monoisotopic (exact) mass is 167 g/mol. The molecule has 0 spiro atoms. The van der Waals surface area contributed by atoms with Gasteiger partial charge in [-0.05, 0) is 23.1 Å². The summed E-state index contributed by atoms with van der Waals surface area (Å²) in [4.78, 5) is 0. The predicted molar refractivity (Wildman–Crippen MR) is 49.9 cm³/mol. The summed E-state index contributed by atoms with van der Waals surface area (Å²) >= 11 is 0. The Labute approximate surface area is 72.5 Å². The van der Waals surface area contributed by atoms with Gasteiger partial charge in [0.15, 0.2) is 0 Å². The molecule has 0 aliphatic carbocycles. The summed E-state index contributed by atoms with van der Waals surface area (Å²) in [6.45, 7) is 6.39. The first kappa shape index (κ1) is 9.04. The number of nitrogens with one attached hydrogen (secondary N) is 1. The minimum Gasteiger partial charge on any atom is -0.225 e. The Morgan fingerprint density at radius 3 is 1.92 bits per heavy atom. The van der Waals surface area contributed by atoms with Gasteiger partial charge in [0, 0.05) is 0 Å². The molecule has 1 aromatic rings. The van der Waals surface area contributed by atoms with Crippen LogP contribution in [0.5, 0.6) is 0 Å². The molecule has 0 saturated heterocycles. The minimum atomic E-state index is 0.134. The normalized spacial score (nSPS) is 11.3. The molecule has 0 aliphatic rings. The maximum atomic E-state index is 11.9. The number of hydrogen-bond donors (Lipinski definition) is 1. The van der Waals surface area contributed by atoms with Crippen LogP contribution in [0.25, 0.3) is 0 Å². The van der Waals surface area contributed by atoms with Gasteiger partial charge in [0.05, 0.1) is 5.69 Å². The second-order valence-corrected chi connectivity index (χ2v) is 3.92. The highest BCUT2D eigenvalue weighted by Gasteiger charge is 2.12. The first-order valence-corrected chi connectivity index (χ1v) is 4.01. The predicted octanol–water partition coefficient (Wildman–Crippen LogP) is 3.28. The molecule has 1 rings (SSSR count). The molecule has 2 heteroatoms.